The highest BCUT2D eigenvalue weighted by Crippen LogP contribution is 2.36. The fraction of sp³-hybridized carbons (Fsp3) is 0.250. The summed E-state index contributed by atoms with van der Waals surface area (Å²) in [5.74, 6) is 1.97. The van der Waals surface area contributed by atoms with Crippen molar-refractivity contribution in [2.24, 2.45) is 0 Å². The third kappa shape index (κ3) is 3.36. The Morgan fingerprint density at radius 2 is 1.85 bits per heavy atom. The molecule has 2 aromatic rings. The number of nitrogen functional groups attached to an aromatic ring is 1. The first kappa shape index (κ1) is 14.5. The minimum atomic E-state index is 0.510. The number of hydrogen-bond acceptors (Lipinski definition) is 3. The molecule has 2 N–H and O–H groups in total. The highest BCUT2D eigenvalue weighted by molar-refractivity contribution is 6.30. The van der Waals surface area contributed by atoms with Gasteiger partial charge in [0.25, 0.3) is 0 Å². The zero-order chi connectivity index (χ0) is 14.5. The topological polar surface area (TPSA) is 44.5 Å². The van der Waals surface area contributed by atoms with Crippen LogP contribution in [0.1, 0.15) is 18.9 Å². The first-order chi connectivity index (χ1) is 9.61. The standard InChI is InChI=1S/C16H18ClNO2/c1-3-9-19-14-5-4-6-15(16(14)18)20-13-8-7-12(17)10-11(13)2/h4-8,10H,3,9,18H2,1-2H3. The van der Waals surface area contributed by atoms with Crippen LogP contribution < -0.4 is 15.2 Å². The van der Waals surface area contributed by atoms with Crippen molar-refractivity contribution in [3.63, 3.8) is 0 Å². The van der Waals surface area contributed by atoms with Gasteiger partial charge in [-0.15, -0.1) is 0 Å². The Labute approximate surface area is 124 Å². The van der Waals surface area contributed by atoms with Crippen LogP contribution in [0.5, 0.6) is 17.2 Å². The lowest BCUT2D eigenvalue weighted by molar-refractivity contribution is 0.318. The molecule has 20 heavy (non-hydrogen) atoms. The van der Waals surface area contributed by atoms with Crippen molar-refractivity contribution < 1.29 is 9.47 Å². The second-order valence-electron chi connectivity index (χ2n) is 4.53. The third-order valence-corrected chi connectivity index (χ3v) is 3.08. The minimum absolute atomic E-state index is 0.510. The maximum absolute atomic E-state index is 6.08. The maximum atomic E-state index is 6.08. The Balaban J connectivity index is 2.24. The van der Waals surface area contributed by atoms with Gasteiger partial charge in [0.2, 0.25) is 0 Å². The van der Waals surface area contributed by atoms with E-state index in [0.717, 1.165) is 17.7 Å². The molecule has 106 valence electrons. The molecular weight excluding hydrogens is 274 g/mol. The molecule has 0 amide bonds. The first-order valence-electron chi connectivity index (χ1n) is 6.57. The predicted octanol–water partition coefficient (Wildman–Crippen LogP) is 4.81. The summed E-state index contributed by atoms with van der Waals surface area (Å²) >= 11 is 5.93. The third-order valence-electron chi connectivity index (χ3n) is 2.84. The SMILES string of the molecule is CCCOc1cccc(Oc2ccc(Cl)cc2C)c1N. The Kier molecular flexibility index (Phi) is 4.74. The van der Waals surface area contributed by atoms with Crippen molar-refractivity contribution in [2.75, 3.05) is 12.3 Å². The van der Waals surface area contributed by atoms with Crippen LogP contribution in [0.25, 0.3) is 0 Å². The van der Waals surface area contributed by atoms with E-state index in [-0.39, 0.29) is 0 Å². The van der Waals surface area contributed by atoms with Crippen LogP contribution in [0.15, 0.2) is 36.4 Å². The molecule has 0 saturated heterocycles. The Hall–Kier alpha value is -1.87. The zero-order valence-corrected chi connectivity index (χ0v) is 12.4. The summed E-state index contributed by atoms with van der Waals surface area (Å²) < 4.78 is 11.4. The Morgan fingerprint density at radius 1 is 1.10 bits per heavy atom. The van der Waals surface area contributed by atoms with Crippen molar-refractivity contribution in [1.29, 1.82) is 0 Å². The highest BCUT2D eigenvalue weighted by Gasteiger charge is 2.09. The normalized spacial score (nSPS) is 10.3. The molecule has 0 radical (unpaired) electrons. The second kappa shape index (κ2) is 6.53. The van der Waals surface area contributed by atoms with E-state index in [1.165, 1.54) is 0 Å². The number of halogens is 1. The largest absolute Gasteiger partial charge is 0.491 e. The van der Waals surface area contributed by atoms with Crippen molar-refractivity contribution in [3.8, 4) is 17.2 Å². The Bertz CT molecular complexity index is 599. The smallest absolute Gasteiger partial charge is 0.154 e. The fourth-order valence-corrected chi connectivity index (χ4v) is 2.02. The van der Waals surface area contributed by atoms with Gasteiger partial charge in [0.15, 0.2) is 5.75 Å². The van der Waals surface area contributed by atoms with Gasteiger partial charge in [-0.1, -0.05) is 24.6 Å². The average molecular weight is 292 g/mol. The van der Waals surface area contributed by atoms with Crippen LogP contribution in [0.4, 0.5) is 5.69 Å². The van der Waals surface area contributed by atoms with Crippen LogP contribution in [0.2, 0.25) is 5.02 Å². The van der Waals surface area contributed by atoms with Gasteiger partial charge < -0.3 is 15.2 Å². The lowest BCUT2D eigenvalue weighted by atomic mass is 10.2. The molecule has 2 aromatic carbocycles. The number of aryl methyl sites for hydroxylation is 1. The summed E-state index contributed by atoms with van der Waals surface area (Å²) in [6.45, 7) is 4.62. The van der Waals surface area contributed by atoms with Gasteiger partial charge in [0.05, 0.1) is 6.61 Å². The maximum Gasteiger partial charge on any atom is 0.154 e. The number of para-hydroxylation sites is 1. The van der Waals surface area contributed by atoms with Crippen molar-refractivity contribution in [1.82, 2.24) is 0 Å². The van der Waals surface area contributed by atoms with E-state index in [1.54, 1.807) is 6.07 Å². The van der Waals surface area contributed by atoms with Gasteiger partial charge in [-0.3, -0.25) is 0 Å². The average Bonchev–Trinajstić information content (AvgIpc) is 2.42. The molecule has 2 rings (SSSR count). The van der Waals surface area contributed by atoms with E-state index < -0.39 is 0 Å². The van der Waals surface area contributed by atoms with Gasteiger partial charge in [-0.25, -0.2) is 0 Å². The molecule has 0 aromatic heterocycles. The monoisotopic (exact) mass is 291 g/mol. The van der Waals surface area contributed by atoms with Crippen molar-refractivity contribution in [2.45, 2.75) is 20.3 Å². The zero-order valence-electron chi connectivity index (χ0n) is 11.7. The molecule has 0 saturated carbocycles. The lowest BCUT2D eigenvalue weighted by Crippen LogP contribution is -2.00. The number of nitrogens with two attached hydrogens (primary N) is 1. The highest BCUT2D eigenvalue weighted by atomic mass is 35.5. The lowest BCUT2D eigenvalue weighted by Gasteiger charge is -2.14. The summed E-state index contributed by atoms with van der Waals surface area (Å²) in [5.41, 5.74) is 7.54. The van der Waals surface area contributed by atoms with Crippen LogP contribution in [0, 0.1) is 6.92 Å². The van der Waals surface area contributed by atoms with Gasteiger partial charge in [0.1, 0.15) is 17.2 Å². The van der Waals surface area contributed by atoms with E-state index in [0.29, 0.717) is 28.8 Å². The molecule has 0 unspecified atom stereocenters. The fourth-order valence-electron chi connectivity index (χ4n) is 1.80. The van der Waals surface area contributed by atoms with E-state index >= 15 is 0 Å². The van der Waals surface area contributed by atoms with Crippen LogP contribution in [0.3, 0.4) is 0 Å². The van der Waals surface area contributed by atoms with E-state index in [4.69, 9.17) is 26.8 Å². The summed E-state index contributed by atoms with van der Waals surface area (Å²) in [6, 6.07) is 11.0. The Morgan fingerprint density at radius 3 is 2.55 bits per heavy atom. The molecule has 0 bridgehead atoms. The molecule has 0 aliphatic carbocycles. The summed E-state index contributed by atoms with van der Waals surface area (Å²) in [6.07, 6.45) is 0.931. The number of benzene rings is 2. The second-order valence-corrected chi connectivity index (χ2v) is 4.96. The van der Waals surface area contributed by atoms with Crippen LogP contribution in [-0.4, -0.2) is 6.61 Å². The first-order valence-corrected chi connectivity index (χ1v) is 6.95. The quantitative estimate of drug-likeness (QED) is 0.804. The molecule has 0 aliphatic heterocycles. The van der Waals surface area contributed by atoms with Crippen molar-refractivity contribution in [3.05, 3.63) is 47.0 Å². The molecule has 3 nitrogen and oxygen atoms in total. The summed E-state index contributed by atoms with van der Waals surface area (Å²) in [5, 5.41) is 0.683. The number of rotatable bonds is 5. The molecule has 0 fully saturated rings. The summed E-state index contributed by atoms with van der Waals surface area (Å²) in [4.78, 5) is 0. The van der Waals surface area contributed by atoms with Gasteiger partial charge in [-0.05, 0) is 49.2 Å². The van der Waals surface area contributed by atoms with E-state index in [9.17, 15) is 0 Å². The van der Waals surface area contributed by atoms with Gasteiger partial charge in [0, 0.05) is 5.02 Å². The van der Waals surface area contributed by atoms with Gasteiger partial charge in [-0.2, -0.15) is 0 Å². The van der Waals surface area contributed by atoms with Crippen molar-refractivity contribution >= 4 is 17.3 Å². The summed E-state index contributed by atoms with van der Waals surface area (Å²) in [7, 11) is 0. The van der Waals surface area contributed by atoms with E-state index in [2.05, 4.69) is 0 Å². The van der Waals surface area contributed by atoms with Crippen LogP contribution in [-0.2, 0) is 0 Å². The number of ether oxygens (including phenoxy) is 2. The molecular formula is C16H18ClNO2. The predicted molar refractivity (Wildman–Crippen MR) is 82.9 cm³/mol. The molecule has 0 atom stereocenters. The van der Waals surface area contributed by atoms with E-state index in [1.807, 2.05) is 44.2 Å². The van der Waals surface area contributed by atoms with Crippen LogP contribution >= 0.6 is 11.6 Å². The molecule has 0 aliphatic rings. The minimum Gasteiger partial charge on any atom is -0.491 e. The molecule has 0 heterocycles. The van der Waals surface area contributed by atoms with Gasteiger partial charge >= 0.3 is 0 Å². The molecule has 4 heteroatoms. The number of anilines is 1. The molecule has 0 spiro atoms. The number of hydrogen-bond donors (Lipinski definition) is 1.